The van der Waals surface area contributed by atoms with Crippen LogP contribution >= 0.6 is 0 Å². The molecule has 0 amide bonds. The van der Waals surface area contributed by atoms with E-state index in [4.69, 9.17) is 10.5 Å². The summed E-state index contributed by atoms with van der Waals surface area (Å²) in [6.45, 7) is 7.52. The van der Waals surface area contributed by atoms with Crippen molar-refractivity contribution in [1.29, 1.82) is 0 Å². The predicted octanol–water partition coefficient (Wildman–Crippen LogP) is 1.20. The van der Waals surface area contributed by atoms with Crippen molar-refractivity contribution < 1.29 is 4.74 Å². The van der Waals surface area contributed by atoms with Gasteiger partial charge in [-0.15, -0.1) is 0 Å². The van der Waals surface area contributed by atoms with Crippen molar-refractivity contribution in [3.63, 3.8) is 0 Å². The van der Waals surface area contributed by atoms with Crippen LogP contribution in [-0.2, 0) is 4.74 Å². The SMILES string of the molecule is COCC(CCCN)NC(C)CN1CCCCC1. The number of hydrogen-bond donors (Lipinski definition) is 2. The molecule has 0 aromatic rings. The van der Waals surface area contributed by atoms with E-state index in [-0.39, 0.29) is 0 Å². The second kappa shape index (κ2) is 9.73. The number of methoxy groups -OCH3 is 1. The monoisotopic (exact) mass is 257 g/mol. The molecule has 0 spiro atoms. The van der Waals surface area contributed by atoms with E-state index < -0.39 is 0 Å². The van der Waals surface area contributed by atoms with Gasteiger partial charge in [-0.1, -0.05) is 6.42 Å². The van der Waals surface area contributed by atoms with Crippen molar-refractivity contribution in [2.75, 3.05) is 39.9 Å². The van der Waals surface area contributed by atoms with E-state index in [0.29, 0.717) is 12.1 Å². The van der Waals surface area contributed by atoms with Crippen LogP contribution in [0.1, 0.15) is 39.0 Å². The Bertz CT molecular complexity index is 195. The normalized spacial score (nSPS) is 20.8. The van der Waals surface area contributed by atoms with Gasteiger partial charge in [-0.3, -0.25) is 0 Å². The van der Waals surface area contributed by atoms with Crippen LogP contribution in [0, 0.1) is 0 Å². The van der Waals surface area contributed by atoms with Crippen LogP contribution in [0.2, 0.25) is 0 Å². The first-order chi connectivity index (χ1) is 8.76. The Morgan fingerprint density at radius 1 is 1.28 bits per heavy atom. The molecule has 4 heteroatoms. The van der Waals surface area contributed by atoms with Crippen LogP contribution in [0.5, 0.6) is 0 Å². The highest BCUT2D eigenvalue weighted by Gasteiger charge is 2.16. The first-order valence-electron chi connectivity index (χ1n) is 7.43. The standard InChI is InChI=1S/C14H31N3O/c1-13(11-17-9-4-3-5-10-17)16-14(12-18-2)7-6-8-15/h13-14,16H,3-12,15H2,1-2H3. The number of hydrogen-bond acceptors (Lipinski definition) is 4. The molecule has 18 heavy (non-hydrogen) atoms. The Balaban J connectivity index is 2.23. The van der Waals surface area contributed by atoms with Crippen molar-refractivity contribution in [2.45, 2.75) is 51.1 Å². The summed E-state index contributed by atoms with van der Waals surface area (Å²) in [7, 11) is 1.77. The van der Waals surface area contributed by atoms with Crippen molar-refractivity contribution >= 4 is 0 Å². The molecular weight excluding hydrogens is 226 g/mol. The third-order valence-electron chi connectivity index (χ3n) is 3.63. The second-order valence-electron chi connectivity index (χ2n) is 5.51. The maximum Gasteiger partial charge on any atom is 0.0615 e. The van der Waals surface area contributed by atoms with Crippen LogP contribution in [0.3, 0.4) is 0 Å². The number of piperidine rings is 1. The molecule has 4 nitrogen and oxygen atoms in total. The number of ether oxygens (including phenoxy) is 1. The Morgan fingerprint density at radius 2 is 2.00 bits per heavy atom. The van der Waals surface area contributed by atoms with Crippen LogP contribution in [0.25, 0.3) is 0 Å². The second-order valence-corrected chi connectivity index (χ2v) is 5.51. The Labute approximate surface area is 112 Å². The topological polar surface area (TPSA) is 50.5 Å². The third kappa shape index (κ3) is 6.69. The van der Waals surface area contributed by atoms with E-state index >= 15 is 0 Å². The van der Waals surface area contributed by atoms with Gasteiger partial charge in [0, 0.05) is 25.7 Å². The van der Waals surface area contributed by atoms with Crippen molar-refractivity contribution in [2.24, 2.45) is 5.73 Å². The Morgan fingerprint density at radius 3 is 2.61 bits per heavy atom. The number of nitrogens with two attached hydrogens (primary N) is 1. The van der Waals surface area contributed by atoms with Gasteiger partial charge in [-0.05, 0) is 52.2 Å². The molecule has 2 atom stereocenters. The number of nitrogens with zero attached hydrogens (tertiary/aromatic N) is 1. The largest absolute Gasteiger partial charge is 0.383 e. The van der Waals surface area contributed by atoms with E-state index in [1.54, 1.807) is 7.11 Å². The van der Waals surface area contributed by atoms with Gasteiger partial charge in [0.25, 0.3) is 0 Å². The first-order valence-corrected chi connectivity index (χ1v) is 7.43. The third-order valence-corrected chi connectivity index (χ3v) is 3.63. The fourth-order valence-corrected chi connectivity index (χ4v) is 2.76. The minimum atomic E-state index is 0.443. The maximum absolute atomic E-state index is 5.58. The lowest BCUT2D eigenvalue weighted by atomic mass is 10.1. The molecule has 1 rings (SSSR count). The quantitative estimate of drug-likeness (QED) is 0.652. The average Bonchev–Trinajstić information content (AvgIpc) is 2.37. The summed E-state index contributed by atoms with van der Waals surface area (Å²) in [5.74, 6) is 0. The van der Waals surface area contributed by atoms with Crippen LogP contribution < -0.4 is 11.1 Å². The van der Waals surface area contributed by atoms with Gasteiger partial charge >= 0.3 is 0 Å². The zero-order chi connectivity index (χ0) is 13.2. The van der Waals surface area contributed by atoms with Gasteiger partial charge in [0.2, 0.25) is 0 Å². The molecule has 1 fully saturated rings. The zero-order valence-electron chi connectivity index (χ0n) is 12.2. The average molecular weight is 257 g/mol. The summed E-state index contributed by atoms with van der Waals surface area (Å²) >= 11 is 0. The summed E-state index contributed by atoms with van der Waals surface area (Å²) in [5, 5.41) is 3.68. The van der Waals surface area contributed by atoms with E-state index in [0.717, 1.165) is 32.5 Å². The minimum absolute atomic E-state index is 0.443. The van der Waals surface area contributed by atoms with Crippen LogP contribution in [0.4, 0.5) is 0 Å². The van der Waals surface area contributed by atoms with Gasteiger partial charge in [-0.2, -0.15) is 0 Å². The van der Waals surface area contributed by atoms with Crippen molar-refractivity contribution in [3.05, 3.63) is 0 Å². The molecule has 108 valence electrons. The van der Waals surface area contributed by atoms with Gasteiger partial charge in [-0.25, -0.2) is 0 Å². The molecule has 2 unspecified atom stereocenters. The Hall–Kier alpha value is -0.160. The van der Waals surface area contributed by atoms with E-state index in [2.05, 4.69) is 17.1 Å². The summed E-state index contributed by atoms with van der Waals surface area (Å²) < 4.78 is 5.27. The number of nitrogens with one attached hydrogen (secondary N) is 1. The lowest BCUT2D eigenvalue weighted by molar-refractivity contribution is 0.145. The highest BCUT2D eigenvalue weighted by molar-refractivity contribution is 4.76. The highest BCUT2D eigenvalue weighted by Crippen LogP contribution is 2.09. The molecule has 0 aromatic carbocycles. The van der Waals surface area contributed by atoms with Gasteiger partial charge in [0.15, 0.2) is 0 Å². The zero-order valence-corrected chi connectivity index (χ0v) is 12.2. The van der Waals surface area contributed by atoms with E-state index in [9.17, 15) is 0 Å². The molecule has 1 aliphatic heterocycles. The molecule has 1 aliphatic rings. The summed E-state index contributed by atoms with van der Waals surface area (Å²) in [6, 6.07) is 0.972. The molecular formula is C14H31N3O. The van der Waals surface area contributed by atoms with Gasteiger partial charge in [0.1, 0.15) is 0 Å². The Kier molecular flexibility index (Phi) is 8.59. The lowest BCUT2D eigenvalue weighted by Gasteiger charge is -2.31. The fraction of sp³-hybridized carbons (Fsp3) is 1.00. The molecule has 0 bridgehead atoms. The molecule has 0 aromatic heterocycles. The molecule has 1 heterocycles. The van der Waals surface area contributed by atoms with Crippen molar-refractivity contribution in [1.82, 2.24) is 10.2 Å². The fourth-order valence-electron chi connectivity index (χ4n) is 2.76. The van der Waals surface area contributed by atoms with Gasteiger partial charge < -0.3 is 20.7 Å². The van der Waals surface area contributed by atoms with E-state index in [1.165, 1.54) is 32.4 Å². The minimum Gasteiger partial charge on any atom is -0.383 e. The summed E-state index contributed by atoms with van der Waals surface area (Å²) in [4.78, 5) is 2.58. The van der Waals surface area contributed by atoms with E-state index in [1.807, 2.05) is 0 Å². The number of rotatable bonds is 9. The van der Waals surface area contributed by atoms with Crippen LogP contribution in [0.15, 0.2) is 0 Å². The molecule has 0 radical (unpaired) electrons. The molecule has 1 saturated heterocycles. The number of likely N-dealkylation sites (tertiary alicyclic amines) is 1. The predicted molar refractivity (Wildman–Crippen MR) is 76.8 cm³/mol. The molecule has 3 N–H and O–H groups in total. The highest BCUT2D eigenvalue weighted by atomic mass is 16.5. The molecule has 0 saturated carbocycles. The summed E-state index contributed by atoms with van der Waals surface area (Å²) in [6.07, 6.45) is 6.30. The van der Waals surface area contributed by atoms with Gasteiger partial charge in [0.05, 0.1) is 6.61 Å². The smallest absolute Gasteiger partial charge is 0.0615 e. The maximum atomic E-state index is 5.58. The molecule has 0 aliphatic carbocycles. The van der Waals surface area contributed by atoms with Crippen LogP contribution in [-0.4, -0.2) is 56.9 Å². The first kappa shape index (κ1) is 15.9. The lowest BCUT2D eigenvalue weighted by Crippen LogP contribution is -2.46. The van der Waals surface area contributed by atoms with Crippen molar-refractivity contribution in [3.8, 4) is 0 Å². The summed E-state index contributed by atoms with van der Waals surface area (Å²) in [5.41, 5.74) is 5.58.